The minimum absolute atomic E-state index is 0.107. The van der Waals surface area contributed by atoms with Gasteiger partial charge in [0.05, 0.1) is 38.8 Å². The molecule has 2 aliphatic rings. The number of alkyl halides is 3. The largest absolute Gasteiger partial charge is 0.417 e. The zero-order valence-electron chi connectivity index (χ0n) is 18.5. The summed E-state index contributed by atoms with van der Waals surface area (Å²) >= 11 is 5.89. The van der Waals surface area contributed by atoms with E-state index in [0.29, 0.717) is 18.4 Å². The van der Waals surface area contributed by atoms with Gasteiger partial charge in [-0.25, -0.2) is 8.42 Å². The van der Waals surface area contributed by atoms with Gasteiger partial charge in [0.1, 0.15) is 5.54 Å². The van der Waals surface area contributed by atoms with Gasteiger partial charge in [-0.3, -0.25) is 9.78 Å². The van der Waals surface area contributed by atoms with E-state index in [2.05, 4.69) is 10.3 Å². The number of amides is 1. The molecule has 0 bridgehead atoms. The maximum atomic E-state index is 14.0. The van der Waals surface area contributed by atoms with Crippen LogP contribution in [0.2, 0.25) is 5.02 Å². The van der Waals surface area contributed by atoms with E-state index in [4.69, 9.17) is 16.3 Å². The summed E-state index contributed by atoms with van der Waals surface area (Å²) in [5.74, 6) is -1.44. The van der Waals surface area contributed by atoms with Crippen LogP contribution in [-0.4, -0.2) is 43.3 Å². The van der Waals surface area contributed by atoms with Crippen LogP contribution in [0.4, 0.5) is 13.2 Å². The van der Waals surface area contributed by atoms with E-state index in [1.165, 1.54) is 31.6 Å². The number of carbonyl (C=O) groups excluding carboxylic acids is 1. The lowest BCUT2D eigenvalue weighted by atomic mass is 10.0. The number of sulfone groups is 1. The van der Waals surface area contributed by atoms with E-state index < -0.39 is 55.2 Å². The summed E-state index contributed by atoms with van der Waals surface area (Å²) in [5, 5.41) is 10.8. The van der Waals surface area contributed by atoms with Crippen molar-refractivity contribution >= 4 is 27.3 Å². The summed E-state index contributed by atoms with van der Waals surface area (Å²) in [6.45, 7) is 0. The van der Waals surface area contributed by atoms with Crippen molar-refractivity contribution in [2.45, 2.75) is 53.6 Å². The summed E-state index contributed by atoms with van der Waals surface area (Å²) in [6.07, 6.45) is -2.49. The Morgan fingerprint density at radius 3 is 2.51 bits per heavy atom. The van der Waals surface area contributed by atoms with Gasteiger partial charge in [0, 0.05) is 25.1 Å². The molecule has 12 heteroatoms. The molecule has 35 heavy (non-hydrogen) atoms. The number of ether oxygens (including phenoxy) is 1. The summed E-state index contributed by atoms with van der Waals surface area (Å²) < 4.78 is 74.1. The average molecular weight is 528 g/mol. The van der Waals surface area contributed by atoms with E-state index in [-0.39, 0.29) is 23.4 Å². The van der Waals surface area contributed by atoms with Crippen molar-refractivity contribution < 1.29 is 31.1 Å². The fourth-order valence-electron chi connectivity index (χ4n) is 4.39. The van der Waals surface area contributed by atoms with Crippen molar-refractivity contribution in [2.75, 3.05) is 7.11 Å². The zero-order valence-corrected chi connectivity index (χ0v) is 20.0. The van der Waals surface area contributed by atoms with Gasteiger partial charge in [0.2, 0.25) is 5.91 Å². The Balaban J connectivity index is 1.67. The number of carbonyl (C=O) groups is 1. The van der Waals surface area contributed by atoms with Crippen LogP contribution in [0.1, 0.15) is 31.2 Å². The zero-order chi connectivity index (χ0) is 25.6. The molecule has 2 fully saturated rings. The molecular weight excluding hydrogens is 507 g/mol. The second-order valence-electron chi connectivity index (χ2n) is 8.80. The number of nitrogens with one attached hydrogen (secondary N) is 1. The highest BCUT2D eigenvalue weighted by Gasteiger charge is 2.51. The lowest BCUT2D eigenvalue weighted by Crippen LogP contribution is -2.42. The predicted molar refractivity (Wildman–Crippen MR) is 120 cm³/mol. The number of benzene rings is 1. The van der Waals surface area contributed by atoms with Gasteiger partial charge in [0.15, 0.2) is 9.84 Å². The number of nitriles is 1. The molecule has 186 valence electrons. The van der Waals surface area contributed by atoms with Crippen molar-refractivity contribution in [1.82, 2.24) is 10.3 Å². The fourth-order valence-corrected chi connectivity index (χ4v) is 6.57. The Morgan fingerprint density at radius 1 is 1.23 bits per heavy atom. The molecule has 1 aromatic heterocycles. The average Bonchev–Trinajstić information content (AvgIpc) is 3.43. The van der Waals surface area contributed by atoms with E-state index >= 15 is 0 Å². The van der Waals surface area contributed by atoms with Gasteiger partial charge in [-0.05, 0) is 49.4 Å². The van der Waals surface area contributed by atoms with Crippen molar-refractivity contribution in [2.24, 2.45) is 5.92 Å². The van der Waals surface area contributed by atoms with E-state index in [9.17, 15) is 31.6 Å². The number of methoxy groups -OCH3 is 1. The van der Waals surface area contributed by atoms with E-state index in [0.717, 1.165) is 12.1 Å². The minimum atomic E-state index is -4.95. The molecule has 0 radical (unpaired) electrons. The third-order valence-corrected chi connectivity index (χ3v) is 8.93. The van der Waals surface area contributed by atoms with E-state index in [1.807, 2.05) is 6.07 Å². The number of hydrogen-bond donors (Lipinski definition) is 1. The van der Waals surface area contributed by atoms with Crippen LogP contribution in [0.15, 0.2) is 41.6 Å². The van der Waals surface area contributed by atoms with Crippen LogP contribution < -0.4 is 5.32 Å². The van der Waals surface area contributed by atoms with Gasteiger partial charge < -0.3 is 10.1 Å². The first-order valence-corrected chi connectivity index (χ1v) is 12.6. The van der Waals surface area contributed by atoms with Crippen LogP contribution in [0.25, 0.3) is 11.1 Å². The molecule has 1 unspecified atom stereocenters. The van der Waals surface area contributed by atoms with Crippen molar-refractivity contribution in [3.05, 3.63) is 47.2 Å². The SMILES string of the molecule is CO[C@H]1CC(S(=O)(=O)c2ccc(-c3cncc(Cl)c3)cc2C(F)(F)F)C[C@@H]1C(=O)NC1(C#N)CC1. The second kappa shape index (κ2) is 9.08. The van der Waals surface area contributed by atoms with Crippen LogP contribution in [0.5, 0.6) is 0 Å². The quantitative estimate of drug-likeness (QED) is 0.604. The summed E-state index contributed by atoms with van der Waals surface area (Å²) in [7, 11) is -3.18. The third kappa shape index (κ3) is 5.01. The highest BCUT2D eigenvalue weighted by Crippen LogP contribution is 2.43. The fraction of sp³-hybridized carbons (Fsp3) is 0.435. The van der Waals surface area contributed by atoms with Gasteiger partial charge in [-0.1, -0.05) is 17.7 Å². The third-order valence-electron chi connectivity index (χ3n) is 6.50. The Hall–Kier alpha value is -2.68. The molecule has 0 saturated heterocycles. The maximum absolute atomic E-state index is 14.0. The Bertz CT molecular complexity index is 1310. The van der Waals surface area contributed by atoms with Crippen molar-refractivity contribution in [3.8, 4) is 17.2 Å². The number of aromatic nitrogens is 1. The minimum Gasteiger partial charge on any atom is -0.381 e. The number of rotatable bonds is 6. The summed E-state index contributed by atoms with van der Waals surface area (Å²) in [6, 6.07) is 6.41. The lowest BCUT2D eigenvalue weighted by molar-refractivity contribution is -0.139. The lowest BCUT2D eigenvalue weighted by Gasteiger charge is -2.19. The maximum Gasteiger partial charge on any atom is 0.417 e. The van der Waals surface area contributed by atoms with Gasteiger partial charge in [-0.15, -0.1) is 0 Å². The molecule has 1 amide bonds. The Labute approximate surface area is 205 Å². The molecule has 4 rings (SSSR count). The normalized spacial score (nSPS) is 23.5. The summed E-state index contributed by atoms with van der Waals surface area (Å²) in [5.41, 5.74) is -1.86. The molecule has 1 heterocycles. The monoisotopic (exact) mass is 527 g/mol. The highest BCUT2D eigenvalue weighted by atomic mass is 35.5. The molecule has 0 aliphatic heterocycles. The number of nitrogens with zero attached hydrogens (tertiary/aromatic N) is 2. The number of halogens is 4. The first kappa shape index (κ1) is 25.4. The van der Waals surface area contributed by atoms with Gasteiger partial charge >= 0.3 is 6.18 Å². The number of pyridine rings is 1. The highest BCUT2D eigenvalue weighted by molar-refractivity contribution is 7.92. The van der Waals surface area contributed by atoms with Crippen LogP contribution >= 0.6 is 11.6 Å². The molecule has 2 aliphatic carbocycles. The Morgan fingerprint density at radius 2 is 1.94 bits per heavy atom. The van der Waals surface area contributed by atoms with Crippen LogP contribution in [0, 0.1) is 17.2 Å². The van der Waals surface area contributed by atoms with E-state index in [1.54, 1.807) is 0 Å². The summed E-state index contributed by atoms with van der Waals surface area (Å²) in [4.78, 5) is 15.8. The standard InChI is InChI=1S/C23H21ClF3N3O4S/c1-34-19-9-16(8-17(19)21(31)30-22(12-28)4-5-22)35(32,33)20-3-2-13(7-18(20)23(25,26)27)14-6-15(24)11-29-10-14/h2-3,6-7,10-11,16-17,19H,4-5,8-9H2,1H3,(H,30,31)/t16?,17-,19-/m0/s1. The molecule has 3 atom stereocenters. The van der Waals surface area contributed by atoms with Crippen LogP contribution in [0.3, 0.4) is 0 Å². The number of hydrogen-bond acceptors (Lipinski definition) is 6. The van der Waals surface area contributed by atoms with Crippen molar-refractivity contribution in [1.29, 1.82) is 5.26 Å². The predicted octanol–water partition coefficient (Wildman–Crippen LogP) is 4.16. The first-order chi connectivity index (χ1) is 16.4. The molecule has 2 saturated carbocycles. The molecule has 1 aromatic carbocycles. The van der Waals surface area contributed by atoms with Gasteiger partial charge in [-0.2, -0.15) is 18.4 Å². The van der Waals surface area contributed by atoms with Crippen LogP contribution in [-0.2, 0) is 25.5 Å². The molecule has 1 N–H and O–H groups in total. The molecule has 2 aromatic rings. The second-order valence-corrected chi connectivity index (χ2v) is 11.4. The smallest absolute Gasteiger partial charge is 0.381 e. The topological polar surface area (TPSA) is 109 Å². The Kier molecular flexibility index (Phi) is 6.59. The first-order valence-electron chi connectivity index (χ1n) is 10.7. The molecule has 0 spiro atoms. The van der Waals surface area contributed by atoms with Crippen molar-refractivity contribution in [3.63, 3.8) is 0 Å². The van der Waals surface area contributed by atoms with Gasteiger partial charge in [0.25, 0.3) is 0 Å². The molecule has 7 nitrogen and oxygen atoms in total. The molecular formula is C23H21ClF3N3O4S.